The zero-order chi connectivity index (χ0) is 12.8. The lowest BCUT2D eigenvalue weighted by molar-refractivity contribution is 0.138. The van der Waals surface area contributed by atoms with Gasteiger partial charge in [0.1, 0.15) is 0 Å². The molecule has 0 bridgehead atoms. The molecule has 2 aliphatic rings. The predicted octanol–water partition coefficient (Wildman–Crippen LogP) is 2.12. The molecule has 0 radical (unpaired) electrons. The molecule has 2 saturated heterocycles. The second-order valence-corrected chi connectivity index (χ2v) is 6.01. The summed E-state index contributed by atoms with van der Waals surface area (Å²) in [5, 5.41) is 3.64. The molecule has 0 aromatic carbocycles. The lowest BCUT2D eigenvalue weighted by Gasteiger charge is -2.34. The van der Waals surface area contributed by atoms with Crippen LogP contribution in [0.15, 0.2) is 0 Å². The van der Waals surface area contributed by atoms with Crippen LogP contribution in [-0.4, -0.2) is 50.3 Å². The SMILES string of the molecule is CCCNC1COCC1CN1CCC(CC)CC1. The molecule has 0 aromatic rings. The van der Waals surface area contributed by atoms with Gasteiger partial charge in [-0.1, -0.05) is 20.3 Å². The third-order valence-corrected chi connectivity index (χ3v) is 4.63. The highest BCUT2D eigenvalue weighted by Crippen LogP contribution is 2.22. The highest BCUT2D eigenvalue weighted by molar-refractivity contribution is 4.84. The van der Waals surface area contributed by atoms with Crippen LogP contribution in [0.2, 0.25) is 0 Å². The predicted molar refractivity (Wildman–Crippen MR) is 75.8 cm³/mol. The van der Waals surface area contributed by atoms with Crippen molar-refractivity contribution in [2.75, 3.05) is 39.4 Å². The lowest BCUT2D eigenvalue weighted by atomic mass is 9.93. The number of nitrogens with one attached hydrogen (secondary N) is 1. The van der Waals surface area contributed by atoms with Crippen molar-refractivity contribution in [2.45, 2.75) is 45.6 Å². The van der Waals surface area contributed by atoms with Crippen LogP contribution in [0.25, 0.3) is 0 Å². The van der Waals surface area contributed by atoms with Crippen LogP contribution in [0, 0.1) is 11.8 Å². The molecule has 0 amide bonds. The lowest BCUT2D eigenvalue weighted by Crippen LogP contribution is -2.44. The van der Waals surface area contributed by atoms with Gasteiger partial charge in [0.15, 0.2) is 0 Å². The van der Waals surface area contributed by atoms with Gasteiger partial charge < -0.3 is 15.0 Å². The van der Waals surface area contributed by atoms with E-state index in [1.807, 2.05) is 0 Å². The normalized spacial score (nSPS) is 31.0. The summed E-state index contributed by atoms with van der Waals surface area (Å²) in [6.45, 7) is 11.4. The quantitative estimate of drug-likeness (QED) is 0.786. The largest absolute Gasteiger partial charge is 0.379 e. The minimum atomic E-state index is 0.592. The van der Waals surface area contributed by atoms with E-state index in [0.717, 1.165) is 25.7 Å². The standard InChI is InChI=1S/C15H30N2O/c1-3-7-16-15-12-18-11-14(15)10-17-8-5-13(4-2)6-9-17/h13-16H,3-12H2,1-2H3. The Hall–Kier alpha value is -0.120. The van der Waals surface area contributed by atoms with Crippen LogP contribution in [0.1, 0.15) is 39.5 Å². The maximum atomic E-state index is 5.66. The molecule has 106 valence electrons. The smallest absolute Gasteiger partial charge is 0.0623 e. The molecule has 18 heavy (non-hydrogen) atoms. The summed E-state index contributed by atoms with van der Waals surface area (Å²) in [6.07, 6.45) is 5.38. The molecule has 2 unspecified atom stereocenters. The number of hydrogen-bond donors (Lipinski definition) is 1. The van der Waals surface area contributed by atoms with Crippen molar-refractivity contribution in [3.63, 3.8) is 0 Å². The number of piperidine rings is 1. The Kier molecular flexibility index (Phi) is 5.93. The summed E-state index contributed by atoms with van der Waals surface area (Å²) in [5.41, 5.74) is 0. The van der Waals surface area contributed by atoms with Crippen molar-refractivity contribution in [3.8, 4) is 0 Å². The van der Waals surface area contributed by atoms with Crippen LogP contribution in [0.5, 0.6) is 0 Å². The average molecular weight is 254 g/mol. The Morgan fingerprint density at radius 3 is 2.61 bits per heavy atom. The second kappa shape index (κ2) is 7.46. The first-order chi connectivity index (χ1) is 8.83. The summed E-state index contributed by atoms with van der Waals surface area (Å²) in [7, 11) is 0. The molecule has 2 atom stereocenters. The minimum Gasteiger partial charge on any atom is -0.379 e. The van der Waals surface area contributed by atoms with Crippen LogP contribution < -0.4 is 5.32 Å². The molecule has 0 saturated carbocycles. The number of hydrogen-bond acceptors (Lipinski definition) is 3. The monoisotopic (exact) mass is 254 g/mol. The van der Waals surface area contributed by atoms with Crippen molar-refractivity contribution in [1.82, 2.24) is 10.2 Å². The summed E-state index contributed by atoms with van der Waals surface area (Å²) < 4.78 is 5.66. The third-order valence-electron chi connectivity index (χ3n) is 4.63. The molecule has 2 heterocycles. The van der Waals surface area contributed by atoms with E-state index in [0.29, 0.717) is 12.0 Å². The van der Waals surface area contributed by atoms with E-state index in [9.17, 15) is 0 Å². The molecule has 3 heteroatoms. The average Bonchev–Trinajstić information content (AvgIpc) is 2.84. The van der Waals surface area contributed by atoms with Gasteiger partial charge in [0, 0.05) is 18.5 Å². The Bertz CT molecular complexity index is 227. The Morgan fingerprint density at radius 2 is 1.94 bits per heavy atom. The van der Waals surface area contributed by atoms with Gasteiger partial charge >= 0.3 is 0 Å². The van der Waals surface area contributed by atoms with E-state index >= 15 is 0 Å². The van der Waals surface area contributed by atoms with Gasteiger partial charge in [-0.3, -0.25) is 0 Å². The maximum Gasteiger partial charge on any atom is 0.0623 e. The van der Waals surface area contributed by atoms with Crippen molar-refractivity contribution >= 4 is 0 Å². The molecule has 1 N–H and O–H groups in total. The van der Waals surface area contributed by atoms with E-state index in [1.165, 1.54) is 45.3 Å². The van der Waals surface area contributed by atoms with Crippen molar-refractivity contribution < 1.29 is 4.74 Å². The first-order valence-electron chi connectivity index (χ1n) is 7.87. The zero-order valence-electron chi connectivity index (χ0n) is 12.2. The van der Waals surface area contributed by atoms with E-state index in [1.54, 1.807) is 0 Å². The van der Waals surface area contributed by atoms with E-state index in [4.69, 9.17) is 4.74 Å². The van der Waals surface area contributed by atoms with Crippen molar-refractivity contribution in [1.29, 1.82) is 0 Å². The first-order valence-corrected chi connectivity index (χ1v) is 7.87. The number of likely N-dealkylation sites (tertiary alicyclic amines) is 1. The molecule has 2 rings (SSSR count). The Morgan fingerprint density at radius 1 is 1.17 bits per heavy atom. The fourth-order valence-corrected chi connectivity index (χ4v) is 3.24. The molecule has 3 nitrogen and oxygen atoms in total. The van der Waals surface area contributed by atoms with Gasteiger partial charge in [-0.05, 0) is 44.8 Å². The summed E-state index contributed by atoms with van der Waals surface area (Å²) >= 11 is 0. The molecular formula is C15H30N2O. The Labute approximate surface area is 112 Å². The minimum absolute atomic E-state index is 0.592. The maximum absolute atomic E-state index is 5.66. The van der Waals surface area contributed by atoms with Crippen LogP contribution >= 0.6 is 0 Å². The third kappa shape index (κ3) is 3.94. The van der Waals surface area contributed by atoms with E-state index < -0.39 is 0 Å². The summed E-state index contributed by atoms with van der Waals surface area (Å²) in [5.74, 6) is 1.69. The molecule has 0 spiro atoms. The molecule has 0 aliphatic carbocycles. The fourth-order valence-electron chi connectivity index (χ4n) is 3.24. The van der Waals surface area contributed by atoms with Gasteiger partial charge in [-0.25, -0.2) is 0 Å². The summed E-state index contributed by atoms with van der Waals surface area (Å²) in [4.78, 5) is 2.66. The molecular weight excluding hydrogens is 224 g/mol. The fraction of sp³-hybridized carbons (Fsp3) is 1.00. The first kappa shape index (κ1) is 14.3. The molecule has 2 fully saturated rings. The van der Waals surface area contributed by atoms with Gasteiger partial charge in [0.2, 0.25) is 0 Å². The topological polar surface area (TPSA) is 24.5 Å². The van der Waals surface area contributed by atoms with Crippen LogP contribution in [0.4, 0.5) is 0 Å². The van der Waals surface area contributed by atoms with Crippen LogP contribution in [0.3, 0.4) is 0 Å². The van der Waals surface area contributed by atoms with Crippen molar-refractivity contribution in [3.05, 3.63) is 0 Å². The second-order valence-electron chi connectivity index (χ2n) is 6.01. The van der Waals surface area contributed by atoms with Crippen LogP contribution in [-0.2, 0) is 4.74 Å². The number of ether oxygens (including phenoxy) is 1. The van der Waals surface area contributed by atoms with Crippen molar-refractivity contribution in [2.24, 2.45) is 11.8 Å². The highest BCUT2D eigenvalue weighted by atomic mass is 16.5. The zero-order valence-corrected chi connectivity index (χ0v) is 12.2. The summed E-state index contributed by atoms with van der Waals surface area (Å²) in [6, 6.07) is 0.592. The van der Waals surface area contributed by atoms with Gasteiger partial charge in [0.25, 0.3) is 0 Å². The Balaban J connectivity index is 1.71. The molecule has 2 aliphatic heterocycles. The molecule has 0 aromatic heterocycles. The van der Waals surface area contributed by atoms with E-state index in [2.05, 4.69) is 24.1 Å². The highest BCUT2D eigenvalue weighted by Gasteiger charge is 2.30. The van der Waals surface area contributed by atoms with E-state index in [-0.39, 0.29) is 0 Å². The number of rotatable bonds is 6. The number of nitrogens with zero attached hydrogens (tertiary/aromatic N) is 1. The van der Waals surface area contributed by atoms with Gasteiger partial charge in [-0.15, -0.1) is 0 Å². The van der Waals surface area contributed by atoms with Gasteiger partial charge in [0.05, 0.1) is 13.2 Å². The van der Waals surface area contributed by atoms with Gasteiger partial charge in [-0.2, -0.15) is 0 Å².